The fourth-order valence-corrected chi connectivity index (χ4v) is 3.26. The van der Waals surface area contributed by atoms with E-state index in [2.05, 4.69) is 15.2 Å². The third-order valence-electron chi connectivity index (χ3n) is 4.98. The molecular weight excluding hydrogens is 344 g/mol. The molecular formula is C20H24N4O3. The van der Waals surface area contributed by atoms with Crippen molar-refractivity contribution in [1.82, 2.24) is 9.88 Å². The Balaban J connectivity index is 1.42. The molecule has 1 aliphatic rings. The molecule has 2 heterocycles. The molecule has 1 saturated heterocycles. The molecule has 0 radical (unpaired) electrons. The van der Waals surface area contributed by atoms with Gasteiger partial charge in [-0.2, -0.15) is 0 Å². The number of carbonyl (C=O) groups is 1. The smallest absolute Gasteiger partial charge is 0.269 e. The van der Waals surface area contributed by atoms with Crippen LogP contribution in [0.5, 0.6) is 0 Å². The molecule has 2 aromatic rings. The van der Waals surface area contributed by atoms with Crippen molar-refractivity contribution in [2.24, 2.45) is 5.92 Å². The number of likely N-dealkylation sites (tertiary alicyclic amines) is 1. The minimum atomic E-state index is -0.383. The number of anilines is 1. The number of hydrogen-bond donors (Lipinski definition) is 1. The number of nitro groups is 1. The van der Waals surface area contributed by atoms with Gasteiger partial charge in [-0.25, -0.2) is 4.98 Å². The molecule has 1 aliphatic heterocycles. The fourth-order valence-electron chi connectivity index (χ4n) is 3.26. The van der Waals surface area contributed by atoms with Gasteiger partial charge in [0.1, 0.15) is 5.82 Å². The number of rotatable bonds is 6. The molecule has 1 fully saturated rings. The van der Waals surface area contributed by atoms with Gasteiger partial charge in [-0.3, -0.25) is 14.9 Å². The molecule has 1 aromatic heterocycles. The van der Waals surface area contributed by atoms with Gasteiger partial charge in [0.05, 0.1) is 4.92 Å². The number of non-ortho nitro benzene ring substituents is 1. The molecule has 1 aromatic carbocycles. The number of amides is 1. The Morgan fingerprint density at radius 2 is 1.93 bits per heavy atom. The highest BCUT2D eigenvalue weighted by Gasteiger charge is 2.25. The van der Waals surface area contributed by atoms with Gasteiger partial charge in [0.25, 0.3) is 5.69 Å². The molecule has 1 amide bonds. The normalized spacial score (nSPS) is 15.4. The number of piperidine rings is 1. The minimum absolute atomic E-state index is 0.0173. The number of nitro benzene ring substituents is 1. The van der Waals surface area contributed by atoms with Crippen LogP contribution in [-0.4, -0.2) is 40.3 Å². The van der Waals surface area contributed by atoms with Crippen LogP contribution in [0.15, 0.2) is 42.6 Å². The Kier molecular flexibility index (Phi) is 6.13. The van der Waals surface area contributed by atoms with E-state index in [9.17, 15) is 14.9 Å². The molecule has 0 spiro atoms. The summed E-state index contributed by atoms with van der Waals surface area (Å²) in [5.41, 5.74) is 2.27. The Bertz CT molecular complexity index is 782. The van der Waals surface area contributed by atoms with E-state index < -0.39 is 0 Å². The zero-order valence-electron chi connectivity index (χ0n) is 15.4. The van der Waals surface area contributed by atoms with Crippen molar-refractivity contribution in [2.45, 2.75) is 26.2 Å². The minimum Gasteiger partial charge on any atom is -0.310 e. The first-order chi connectivity index (χ1) is 13.0. The van der Waals surface area contributed by atoms with Gasteiger partial charge in [-0.1, -0.05) is 18.2 Å². The average molecular weight is 368 g/mol. The lowest BCUT2D eigenvalue weighted by atomic mass is 9.95. The van der Waals surface area contributed by atoms with Gasteiger partial charge >= 0.3 is 0 Å². The summed E-state index contributed by atoms with van der Waals surface area (Å²) in [6.45, 7) is 4.62. The number of nitrogens with zero attached hydrogens (tertiary/aromatic N) is 3. The van der Waals surface area contributed by atoms with Crippen LogP contribution in [0, 0.1) is 23.0 Å². The zero-order chi connectivity index (χ0) is 19.2. The van der Waals surface area contributed by atoms with Gasteiger partial charge in [-0.05, 0) is 56.5 Å². The van der Waals surface area contributed by atoms with Crippen molar-refractivity contribution in [3.8, 4) is 0 Å². The van der Waals surface area contributed by atoms with Gasteiger partial charge in [0, 0.05) is 30.8 Å². The standard InChI is InChI=1S/C20H24N4O3/c1-15-2-7-19(21-14-15)22-20(25)17-9-12-23(13-10-17)11-8-16-3-5-18(6-4-16)24(26)27/h2-7,14,17H,8-13H2,1H3,(H,21,22,25). The summed E-state index contributed by atoms with van der Waals surface area (Å²) in [6, 6.07) is 10.5. The molecule has 0 saturated carbocycles. The third-order valence-corrected chi connectivity index (χ3v) is 4.98. The molecule has 0 unspecified atom stereocenters. The van der Waals surface area contributed by atoms with Crippen molar-refractivity contribution in [2.75, 3.05) is 25.0 Å². The lowest BCUT2D eigenvalue weighted by molar-refractivity contribution is -0.384. The van der Waals surface area contributed by atoms with Crippen LogP contribution in [0.25, 0.3) is 0 Å². The molecule has 1 N–H and O–H groups in total. The molecule has 3 rings (SSSR count). The lowest BCUT2D eigenvalue weighted by Gasteiger charge is -2.31. The van der Waals surface area contributed by atoms with Crippen molar-refractivity contribution in [3.63, 3.8) is 0 Å². The first-order valence-electron chi connectivity index (χ1n) is 9.20. The van der Waals surface area contributed by atoms with Crippen LogP contribution in [0.2, 0.25) is 0 Å². The van der Waals surface area contributed by atoms with Crippen LogP contribution >= 0.6 is 0 Å². The topological polar surface area (TPSA) is 88.4 Å². The van der Waals surface area contributed by atoms with Crippen LogP contribution in [0.4, 0.5) is 11.5 Å². The van der Waals surface area contributed by atoms with E-state index in [0.29, 0.717) is 5.82 Å². The maximum absolute atomic E-state index is 12.4. The molecule has 142 valence electrons. The van der Waals surface area contributed by atoms with Crippen LogP contribution in [0.3, 0.4) is 0 Å². The number of nitrogens with one attached hydrogen (secondary N) is 1. The number of pyridine rings is 1. The second-order valence-corrected chi connectivity index (χ2v) is 7.00. The Labute approximate surface area is 158 Å². The van der Waals surface area contributed by atoms with E-state index in [1.807, 2.05) is 31.2 Å². The Morgan fingerprint density at radius 1 is 1.22 bits per heavy atom. The first-order valence-corrected chi connectivity index (χ1v) is 9.20. The van der Waals surface area contributed by atoms with E-state index in [0.717, 1.165) is 50.0 Å². The number of benzene rings is 1. The van der Waals surface area contributed by atoms with Crippen LogP contribution in [-0.2, 0) is 11.2 Å². The molecule has 7 nitrogen and oxygen atoms in total. The first kappa shape index (κ1) is 19.0. The highest BCUT2D eigenvalue weighted by atomic mass is 16.6. The average Bonchev–Trinajstić information content (AvgIpc) is 2.69. The van der Waals surface area contributed by atoms with Gasteiger partial charge in [0.2, 0.25) is 5.91 Å². The summed E-state index contributed by atoms with van der Waals surface area (Å²) in [6.07, 6.45) is 4.26. The number of hydrogen-bond acceptors (Lipinski definition) is 5. The van der Waals surface area contributed by atoms with E-state index in [-0.39, 0.29) is 22.4 Å². The van der Waals surface area contributed by atoms with Crippen molar-refractivity contribution < 1.29 is 9.72 Å². The van der Waals surface area contributed by atoms with E-state index >= 15 is 0 Å². The summed E-state index contributed by atoms with van der Waals surface area (Å²) in [4.78, 5) is 29.3. The molecule has 7 heteroatoms. The van der Waals surface area contributed by atoms with Gasteiger partial charge < -0.3 is 10.2 Å². The fraction of sp³-hybridized carbons (Fsp3) is 0.400. The highest BCUT2D eigenvalue weighted by molar-refractivity contribution is 5.91. The summed E-state index contributed by atoms with van der Waals surface area (Å²) in [5.74, 6) is 0.663. The molecule has 27 heavy (non-hydrogen) atoms. The molecule has 0 aliphatic carbocycles. The molecule has 0 atom stereocenters. The Hall–Kier alpha value is -2.80. The SMILES string of the molecule is Cc1ccc(NC(=O)C2CCN(CCc3ccc([N+](=O)[O-])cc3)CC2)nc1. The van der Waals surface area contributed by atoms with Crippen molar-refractivity contribution in [1.29, 1.82) is 0 Å². The number of aromatic nitrogens is 1. The lowest BCUT2D eigenvalue weighted by Crippen LogP contribution is -2.39. The highest BCUT2D eigenvalue weighted by Crippen LogP contribution is 2.20. The van der Waals surface area contributed by atoms with Gasteiger partial charge in [0.15, 0.2) is 0 Å². The van der Waals surface area contributed by atoms with E-state index in [1.54, 1.807) is 18.3 Å². The monoisotopic (exact) mass is 368 g/mol. The predicted molar refractivity (Wildman–Crippen MR) is 104 cm³/mol. The van der Waals surface area contributed by atoms with E-state index in [4.69, 9.17) is 0 Å². The largest absolute Gasteiger partial charge is 0.310 e. The summed E-state index contributed by atoms with van der Waals surface area (Å²) in [5, 5.41) is 13.6. The second-order valence-electron chi connectivity index (χ2n) is 7.00. The van der Waals surface area contributed by atoms with E-state index in [1.165, 1.54) is 0 Å². The number of carbonyl (C=O) groups excluding carboxylic acids is 1. The Morgan fingerprint density at radius 3 is 2.52 bits per heavy atom. The molecule has 0 bridgehead atoms. The van der Waals surface area contributed by atoms with Crippen molar-refractivity contribution in [3.05, 3.63) is 63.8 Å². The van der Waals surface area contributed by atoms with Gasteiger partial charge in [-0.15, -0.1) is 0 Å². The quantitative estimate of drug-likeness (QED) is 0.625. The summed E-state index contributed by atoms with van der Waals surface area (Å²) in [7, 11) is 0. The summed E-state index contributed by atoms with van der Waals surface area (Å²) < 4.78 is 0. The second kappa shape index (κ2) is 8.73. The predicted octanol–water partition coefficient (Wildman–Crippen LogP) is 3.19. The maximum atomic E-state index is 12.4. The third kappa shape index (κ3) is 5.34. The van der Waals surface area contributed by atoms with Crippen LogP contribution in [0.1, 0.15) is 24.0 Å². The van der Waals surface area contributed by atoms with Crippen LogP contribution < -0.4 is 5.32 Å². The maximum Gasteiger partial charge on any atom is 0.269 e. The van der Waals surface area contributed by atoms with Crippen molar-refractivity contribution >= 4 is 17.4 Å². The summed E-state index contributed by atoms with van der Waals surface area (Å²) >= 11 is 0. The zero-order valence-corrected chi connectivity index (χ0v) is 15.4. The number of aryl methyl sites for hydroxylation is 1.